The Kier molecular flexibility index (Phi) is 4.16. The fourth-order valence-electron chi connectivity index (χ4n) is 2.29. The van der Waals surface area contributed by atoms with Crippen molar-refractivity contribution in [1.29, 1.82) is 0 Å². The maximum Gasteiger partial charge on any atom is 0.312 e. The Bertz CT molecular complexity index is 486. The molecule has 0 saturated carbocycles. The number of anilines is 1. The van der Waals surface area contributed by atoms with Gasteiger partial charge >= 0.3 is 5.97 Å². The molecular formula is C14H17NO4. The second-order valence-corrected chi connectivity index (χ2v) is 4.40. The lowest BCUT2D eigenvalue weighted by molar-refractivity contribution is -0.138. The summed E-state index contributed by atoms with van der Waals surface area (Å²) in [4.78, 5) is 24.9. The molecular weight excluding hydrogens is 246 g/mol. The summed E-state index contributed by atoms with van der Waals surface area (Å²) in [5, 5.41) is 9.21. The third-order valence-electron chi connectivity index (χ3n) is 3.23. The molecule has 1 aromatic carbocycles. The molecule has 0 aromatic heterocycles. The van der Waals surface area contributed by atoms with Crippen molar-refractivity contribution >= 4 is 17.6 Å². The first kappa shape index (κ1) is 13.5. The SMILES string of the molecule is CCOCCC(=O)N1CC(C(=O)O)c2ccccc21. The highest BCUT2D eigenvalue weighted by molar-refractivity contribution is 5.98. The molecule has 2 rings (SSSR count). The van der Waals surface area contributed by atoms with E-state index in [1.54, 1.807) is 23.1 Å². The van der Waals surface area contributed by atoms with E-state index in [0.29, 0.717) is 24.5 Å². The summed E-state index contributed by atoms with van der Waals surface area (Å²) in [6.45, 7) is 3.02. The molecule has 19 heavy (non-hydrogen) atoms. The van der Waals surface area contributed by atoms with E-state index in [4.69, 9.17) is 4.74 Å². The van der Waals surface area contributed by atoms with Crippen molar-refractivity contribution in [2.75, 3.05) is 24.7 Å². The minimum atomic E-state index is -0.896. The van der Waals surface area contributed by atoms with E-state index < -0.39 is 11.9 Å². The fraction of sp³-hybridized carbons (Fsp3) is 0.429. The van der Waals surface area contributed by atoms with Gasteiger partial charge in [-0.1, -0.05) is 18.2 Å². The molecule has 1 aliphatic rings. The van der Waals surface area contributed by atoms with Gasteiger partial charge in [-0.3, -0.25) is 9.59 Å². The Hall–Kier alpha value is -1.88. The smallest absolute Gasteiger partial charge is 0.312 e. The second-order valence-electron chi connectivity index (χ2n) is 4.40. The summed E-state index contributed by atoms with van der Waals surface area (Å²) in [6.07, 6.45) is 0.272. The summed E-state index contributed by atoms with van der Waals surface area (Å²) in [5.74, 6) is -1.62. The number of carboxylic acids is 1. The lowest BCUT2D eigenvalue weighted by atomic mass is 10.0. The van der Waals surface area contributed by atoms with Gasteiger partial charge in [0.05, 0.1) is 13.0 Å². The van der Waals surface area contributed by atoms with Crippen molar-refractivity contribution in [3.05, 3.63) is 29.8 Å². The quantitative estimate of drug-likeness (QED) is 0.820. The van der Waals surface area contributed by atoms with Crippen LogP contribution in [0.2, 0.25) is 0 Å². The first-order valence-corrected chi connectivity index (χ1v) is 6.35. The monoisotopic (exact) mass is 263 g/mol. The lowest BCUT2D eigenvalue weighted by Crippen LogP contribution is -2.31. The Balaban J connectivity index is 2.15. The van der Waals surface area contributed by atoms with Crippen molar-refractivity contribution in [3.63, 3.8) is 0 Å². The van der Waals surface area contributed by atoms with Gasteiger partial charge in [0.1, 0.15) is 5.92 Å². The Labute approximate surface area is 111 Å². The number of nitrogens with zero attached hydrogens (tertiary/aromatic N) is 1. The van der Waals surface area contributed by atoms with Gasteiger partial charge in [0, 0.05) is 18.8 Å². The van der Waals surface area contributed by atoms with Crippen LogP contribution < -0.4 is 4.90 Å². The predicted octanol–water partition coefficient (Wildman–Crippen LogP) is 1.63. The summed E-state index contributed by atoms with van der Waals surface area (Å²) < 4.78 is 5.16. The van der Waals surface area contributed by atoms with Crippen LogP contribution in [0.15, 0.2) is 24.3 Å². The number of benzene rings is 1. The van der Waals surface area contributed by atoms with Crippen LogP contribution in [-0.2, 0) is 14.3 Å². The molecule has 0 fully saturated rings. The van der Waals surface area contributed by atoms with E-state index in [2.05, 4.69) is 0 Å². The van der Waals surface area contributed by atoms with E-state index in [1.807, 2.05) is 13.0 Å². The number of hydrogen-bond donors (Lipinski definition) is 1. The van der Waals surface area contributed by atoms with Gasteiger partial charge in [0.2, 0.25) is 5.91 Å². The fourth-order valence-corrected chi connectivity index (χ4v) is 2.29. The molecule has 1 unspecified atom stereocenters. The van der Waals surface area contributed by atoms with E-state index in [-0.39, 0.29) is 18.9 Å². The van der Waals surface area contributed by atoms with E-state index in [1.165, 1.54) is 0 Å². The molecule has 0 bridgehead atoms. The molecule has 1 N–H and O–H groups in total. The summed E-state index contributed by atoms with van der Waals surface area (Å²) >= 11 is 0. The number of para-hydroxylation sites is 1. The molecule has 1 amide bonds. The third kappa shape index (κ3) is 2.76. The first-order chi connectivity index (χ1) is 9.15. The number of hydrogen-bond acceptors (Lipinski definition) is 3. The van der Waals surface area contributed by atoms with Crippen LogP contribution in [0.5, 0.6) is 0 Å². The van der Waals surface area contributed by atoms with Crippen molar-refractivity contribution in [3.8, 4) is 0 Å². The number of carbonyl (C=O) groups excluding carboxylic acids is 1. The average Bonchev–Trinajstić information content (AvgIpc) is 2.78. The minimum Gasteiger partial charge on any atom is -0.481 e. The molecule has 0 saturated heterocycles. The lowest BCUT2D eigenvalue weighted by Gasteiger charge is -2.17. The topological polar surface area (TPSA) is 66.8 Å². The van der Waals surface area contributed by atoms with Crippen LogP contribution >= 0.6 is 0 Å². The van der Waals surface area contributed by atoms with Crippen molar-refractivity contribution < 1.29 is 19.4 Å². The molecule has 1 heterocycles. The highest BCUT2D eigenvalue weighted by Crippen LogP contribution is 2.36. The molecule has 1 atom stereocenters. The molecule has 0 spiro atoms. The number of ether oxygens (including phenoxy) is 1. The number of amides is 1. The highest BCUT2D eigenvalue weighted by atomic mass is 16.5. The summed E-state index contributed by atoms with van der Waals surface area (Å²) in [5.41, 5.74) is 1.41. The van der Waals surface area contributed by atoms with Gasteiger partial charge in [-0.2, -0.15) is 0 Å². The van der Waals surface area contributed by atoms with Crippen LogP contribution in [0.25, 0.3) is 0 Å². The molecule has 1 aliphatic heterocycles. The third-order valence-corrected chi connectivity index (χ3v) is 3.23. The summed E-state index contributed by atoms with van der Waals surface area (Å²) in [6, 6.07) is 7.16. The zero-order valence-corrected chi connectivity index (χ0v) is 10.8. The van der Waals surface area contributed by atoms with Crippen LogP contribution in [0, 0.1) is 0 Å². The van der Waals surface area contributed by atoms with Gasteiger partial charge in [-0.05, 0) is 18.6 Å². The van der Waals surface area contributed by atoms with Gasteiger partial charge in [0.25, 0.3) is 0 Å². The summed E-state index contributed by atoms with van der Waals surface area (Å²) in [7, 11) is 0. The maximum absolute atomic E-state index is 12.1. The molecule has 0 aliphatic carbocycles. The van der Waals surface area contributed by atoms with E-state index in [9.17, 15) is 14.7 Å². The predicted molar refractivity (Wildman–Crippen MR) is 70.3 cm³/mol. The molecule has 0 radical (unpaired) electrons. The zero-order chi connectivity index (χ0) is 13.8. The number of carboxylic acid groups (broad SMARTS) is 1. The largest absolute Gasteiger partial charge is 0.481 e. The van der Waals surface area contributed by atoms with E-state index >= 15 is 0 Å². The molecule has 5 heteroatoms. The van der Waals surface area contributed by atoms with Gasteiger partial charge < -0.3 is 14.7 Å². The number of rotatable bonds is 5. The van der Waals surface area contributed by atoms with Gasteiger partial charge in [-0.15, -0.1) is 0 Å². The number of carbonyl (C=O) groups is 2. The van der Waals surface area contributed by atoms with E-state index in [0.717, 1.165) is 0 Å². The van der Waals surface area contributed by atoms with Crippen molar-refractivity contribution in [2.24, 2.45) is 0 Å². The molecule has 1 aromatic rings. The van der Waals surface area contributed by atoms with Crippen LogP contribution in [0.3, 0.4) is 0 Å². The van der Waals surface area contributed by atoms with Crippen molar-refractivity contribution in [2.45, 2.75) is 19.3 Å². The van der Waals surface area contributed by atoms with Gasteiger partial charge in [0.15, 0.2) is 0 Å². The average molecular weight is 263 g/mol. The normalized spacial score (nSPS) is 17.3. The minimum absolute atomic E-state index is 0.0929. The van der Waals surface area contributed by atoms with Gasteiger partial charge in [-0.25, -0.2) is 0 Å². The Morgan fingerprint density at radius 2 is 2.16 bits per heavy atom. The molecule has 5 nitrogen and oxygen atoms in total. The Morgan fingerprint density at radius 1 is 1.42 bits per heavy atom. The second kappa shape index (κ2) is 5.84. The van der Waals surface area contributed by atoms with Crippen molar-refractivity contribution in [1.82, 2.24) is 0 Å². The number of aliphatic carboxylic acids is 1. The highest BCUT2D eigenvalue weighted by Gasteiger charge is 2.35. The van der Waals surface area contributed by atoms with Crippen LogP contribution in [0.4, 0.5) is 5.69 Å². The Morgan fingerprint density at radius 3 is 2.84 bits per heavy atom. The molecule has 102 valence electrons. The maximum atomic E-state index is 12.1. The standard InChI is InChI=1S/C14H17NO4/c1-2-19-8-7-13(16)15-9-11(14(17)18)10-5-3-4-6-12(10)15/h3-6,11H,2,7-9H2,1H3,(H,17,18). The number of fused-ring (bicyclic) bond motifs is 1. The van der Waals surface area contributed by atoms with Crippen LogP contribution in [0.1, 0.15) is 24.8 Å². The van der Waals surface area contributed by atoms with Crippen LogP contribution in [-0.4, -0.2) is 36.7 Å². The first-order valence-electron chi connectivity index (χ1n) is 6.35. The zero-order valence-electron chi connectivity index (χ0n) is 10.8.